The number of pyridine rings is 1. The fraction of sp³-hybridized carbons (Fsp3) is 0.368. The molecule has 2 aromatic carbocycles. The lowest BCUT2D eigenvalue weighted by Gasteiger charge is -2.47. The average Bonchev–Trinajstić information content (AvgIpc) is 3.65. The number of ether oxygens (including phenoxy) is 2. The maximum atomic E-state index is 17.2. The van der Waals surface area contributed by atoms with Gasteiger partial charge in [-0.2, -0.15) is 9.97 Å². The molecule has 1 amide bonds. The van der Waals surface area contributed by atoms with Gasteiger partial charge in [0.05, 0.1) is 29.2 Å². The number of carboxylic acid groups (broad SMARTS) is 1. The summed E-state index contributed by atoms with van der Waals surface area (Å²) >= 11 is 0. The SMILES string of the molecule is C#Cc1c(F)ccc2cccc(-c3nc4c5c(nc(OCC67CC(=C)CN6CC(=C)C7)nc5c3F)N3CC5CCC(C3C(C)O4)N5C(=O)O)c12. The molecule has 0 saturated carbocycles. The quantitative estimate of drug-likeness (QED) is 0.208. The molecule has 5 aliphatic heterocycles. The molecular weight excluding hydrogens is 642 g/mol. The van der Waals surface area contributed by atoms with Crippen LogP contribution < -0.4 is 14.4 Å². The predicted molar refractivity (Wildman–Crippen MR) is 183 cm³/mol. The number of fused-ring (bicyclic) bond motifs is 7. The molecule has 4 fully saturated rings. The van der Waals surface area contributed by atoms with Gasteiger partial charge in [-0.05, 0) is 44.1 Å². The second kappa shape index (κ2) is 10.9. The monoisotopic (exact) mass is 676 g/mol. The Kier molecular flexibility index (Phi) is 6.68. The summed E-state index contributed by atoms with van der Waals surface area (Å²) in [6.45, 7) is 12.4. The lowest BCUT2D eigenvalue weighted by atomic mass is 9.92. The van der Waals surface area contributed by atoms with Gasteiger partial charge < -0.3 is 19.5 Å². The standard InChI is InChI=1S/C38H34F2N6O4/c1-5-24-26(39)11-9-22-7-6-8-25(28(22)24)31-30(40)32-29-34(43-36(42-32)49-18-38-13-19(2)15-44(38)16-20(3)14-38)45-17-23-10-12-27(46(23)37(47)48)33(45)21(4)50-35(29)41-31/h1,6-9,11,21,23,27,33H,2-3,10,12-18H2,4H3,(H,47,48). The van der Waals surface area contributed by atoms with E-state index in [1.165, 1.54) is 11.0 Å². The number of benzene rings is 2. The molecule has 5 aliphatic rings. The fourth-order valence-electron chi connectivity index (χ4n) is 9.30. The number of hydrogen-bond donors (Lipinski definition) is 1. The highest BCUT2D eigenvalue weighted by Gasteiger charge is 2.53. The van der Waals surface area contributed by atoms with Gasteiger partial charge >= 0.3 is 12.1 Å². The van der Waals surface area contributed by atoms with Crippen molar-refractivity contribution in [2.75, 3.05) is 31.1 Å². The minimum Gasteiger partial charge on any atom is -0.472 e. The molecule has 0 radical (unpaired) electrons. The zero-order chi connectivity index (χ0) is 34.6. The van der Waals surface area contributed by atoms with Crippen LogP contribution in [0.3, 0.4) is 0 Å². The highest BCUT2D eigenvalue weighted by Crippen LogP contribution is 2.48. The topological polar surface area (TPSA) is 104 Å². The lowest BCUT2D eigenvalue weighted by Crippen LogP contribution is -2.64. The zero-order valence-electron chi connectivity index (χ0n) is 27.5. The molecule has 254 valence electrons. The maximum absolute atomic E-state index is 17.2. The van der Waals surface area contributed by atoms with Crippen LogP contribution in [0.1, 0.15) is 38.2 Å². The van der Waals surface area contributed by atoms with Crippen LogP contribution in [0.4, 0.5) is 19.4 Å². The Labute approximate surface area is 287 Å². The summed E-state index contributed by atoms with van der Waals surface area (Å²) in [6, 6.07) is 6.91. The average molecular weight is 677 g/mol. The van der Waals surface area contributed by atoms with Gasteiger partial charge in [0, 0.05) is 30.6 Å². The maximum Gasteiger partial charge on any atom is 0.407 e. The molecule has 2 bridgehead atoms. The van der Waals surface area contributed by atoms with E-state index in [2.05, 4.69) is 29.0 Å². The lowest BCUT2D eigenvalue weighted by molar-refractivity contribution is 0.0706. The molecule has 4 saturated heterocycles. The molecule has 10 nitrogen and oxygen atoms in total. The van der Waals surface area contributed by atoms with E-state index in [1.54, 1.807) is 24.3 Å². The van der Waals surface area contributed by atoms with Crippen molar-refractivity contribution in [3.05, 3.63) is 71.8 Å². The Morgan fingerprint density at radius 1 is 1.12 bits per heavy atom. The second-order valence-corrected chi connectivity index (χ2v) is 14.3. The van der Waals surface area contributed by atoms with E-state index in [0.29, 0.717) is 36.0 Å². The number of carbonyl (C=O) groups is 1. The van der Waals surface area contributed by atoms with Crippen molar-refractivity contribution in [2.24, 2.45) is 0 Å². The van der Waals surface area contributed by atoms with Crippen LogP contribution >= 0.6 is 0 Å². The molecule has 9 rings (SSSR count). The highest BCUT2D eigenvalue weighted by molar-refractivity contribution is 6.03. The molecule has 4 atom stereocenters. The third kappa shape index (κ3) is 4.35. The van der Waals surface area contributed by atoms with E-state index in [1.807, 2.05) is 11.8 Å². The van der Waals surface area contributed by atoms with Gasteiger partial charge in [-0.3, -0.25) is 9.80 Å². The van der Waals surface area contributed by atoms with Crippen LogP contribution in [0.2, 0.25) is 0 Å². The van der Waals surface area contributed by atoms with Gasteiger partial charge in [0.15, 0.2) is 5.82 Å². The van der Waals surface area contributed by atoms with Crippen molar-refractivity contribution < 1.29 is 28.2 Å². The molecule has 4 unspecified atom stereocenters. The number of piperazine rings is 1. The Bertz CT molecular complexity index is 2220. The van der Waals surface area contributed by atoms with Gasteiger partial charge in [-0.15, -0.1) is 6.42 Å². The fourth-order valence-corrected chi connectivity index (χ4v) is 9.30. The van der Waals surface area contributed by atoms with Gasteiger partial charge in [0.25, 0.3) is 0 Å². The van der Waals surface area contributed by atoms with Crippen molar-refractivity contribution in [1.29, 1.82) is 0 Å². The minimum absolute atomic E-state index is 0.00557. The van der Waals surface area contributed by atoms with Crippen LogP contribution in [-0.4, -0.2) is 92.0 Å². The first-order chi connectivity index (χ1) is 24.1. The number of amides is 1. The normalized spacial score (nSPS) is 25.0. The Hall–Kier alpha value is -5.28. The number of halogens is 2. The smallest absolute Gasteiger partial charge is 0.407 e. The second-order valence-electron chi connectivity index (χ2n) is 14.3. The summed E-state index contributed by atoms with van der Waals surface area (Å²) in [5.41, 5.74) is 1.97. The van der Waals surface area contributed by atoms with E-state index < -0.39 is 29.9 Å². The van der Waals surface area contributed by atoms with Gasteiger partial charge in [-0.1, -0.05) is 54.5 Å². The number of anilines is 1. The molecule has 50 heavy (non-hydrogen) atoms. The number of nitrogens with zero attached hydrogens (tertiary/aromatic N) is 6. The van der Waals surface area contributed by atoms with Crippen molar-refractivity contribution in [2.45, 2.75) is 62.4 Å². The molecule has 1 N–H and O–H groups in total. The summed E-state index contributed by atoms with van der Waals surface area (Å²) < 4.78 is 45.2. The summed E-state index contributed by atoms with van der Waals surface area (Å²) in [7, 11) is 0. The number of rotatable bonds is 4. The third-order valence-electron chi connectivity index (χ3n) is 11.2. The largest absolute Gasteiger partial charge is 0.472 e. The molecule has 2 aromatic heterocycles. The van der Waals surface area contributed by atoms with Crippen molar-refractivity contribution in [3.8, 4) is 35.5 Å². The number of aromatic nitrogens is 3. The van der Waals surface area contributed by atoms with Crippen LogP contribution in [0, 0.1) is 24.0 Å². The number of terminal acetylenes is 1. The Morgan fingerprint density at radius 2 is 1.90 bits per heavy atom. The van der Waals surface area contributed by atoms with Crippen LogP contribution in [0.15, 0.2) is 54.6 Å². The molecular formula is C38H34F2N6O4. The van der Waals surface area contributed by atoms with Crippen molar-refractivity contribution in [1.82, 2.24) is 24.8 Å². The summed E-state index contributed by atoms with van der Waals surface area (Å²) in [5.74, 6) is 1.54. The van der Waals surface area contributed by atoms with Crippen LogP contribution in [-0.2, 0) is 0 Å². The van der Waals surface area contributed by atoms with Crippen LogP contribution in [0.5, 0.6) is 11.9 Å². The van der Waals surface area contributed by atoms with Gasteiger partial charge in [0.1, 0.15) is 40.9 Å². The summed E-state index contributed by atoms with van der Waals surface area (Å²) in [6.07, 6.45) is 7.03. The number of hydrogen-bond acceptors (Lipinski definition) is 8. The molecule has 0 aliphatic carbocycles. The molecule has 0 spiro atoms. The Balaban J connectivity index is 1.25. The van der Waals surface area contributed by atoms with Crippen molar-refractivity contribution in [3.63, 3.8) is 0 Å². The van der Waals surface area contributed by atoms with E-state index in [-0.39, 0.29) is 63.8 Å². The molecule has 4 aromatic rings. The highest BCUT2D eigenvalue weighted by atomic mass is 19.1. The zero-order valence-corrected chi connectivity index (χ0v) is 27.5. The minimum atomic E-state index is -0.984. The molecule has 12 heteroatoms. The van der Waals surface area contributed by atoms with Crippen molar-refractivity contribution >= 4 is 33.6 Å². The Morgan fingerprint density at radius 3 is 2.64 bits per heavy atom. The van der Waals surface area contributed by atoms with E-state index in [9.17, 15) is 9.90 Å². The predicted octanol–water partition coefficient (Wildman–Crippen LogP) is 5.92. The third-order valence-corrected chi connectivity index (χ3v) is 11.2. The summed E-state index contributed by atoms with van der Waals surface area (Å²) in [5, 5.41) is 11.4. The van der Waals surface area contributed by atoms with Gasteiger partial charge in [-0.25, -0.2) is 18.6 Å². The van der Waals surface area contributed by atoms with E-state index in [0.717, 1.165) is 37.1 Å². The first kappa shape index (κ1) is 30.8. The van der Waals surface area contributed by atoms with E-state index >= 15 is 8.78 Å². The first-order valence-corrected chi connectivity index (χ1v) is 16.8. The first-order valence-electron chi connectivity index (χ1n) is 16.8. The van der Waals surface area contributed by atoms with E-state index in [4.69, 9.17) is 25.9 Å². The van der Waals surface area contributed by atoms with Gasteiger partial charge in [0.2, 0.25) is 5.88 Å². The van der Waals surface area contributed by atoms with Crippen LogP contribution in [0.25, 0.3) is 32.9 Å². The summed E-state index contributed by atoms with van der Waals surface area (Å²) in [4.78, 5) is 32.6. The molecule has 7 heterocycles.